The summed E-state index contributed by atoms with van der Waals surface area (Å²) in [6.45, 7) is 0. The maximum atomic E-state index is 10.4. The van der Waals surface area contributed by atoms with Crippen molar-refractivity contribution in [2.24, 2.45) is 0 Å². The zero-order valence-corrected chi connectivity index (χ0v) is 6.11. The van der Waals surface area contributed by atoms with Crippen LogP contribution in [0, 0.1) is 10.8 Å². The van der Waals surface area contributed by atoms with Crippen LogP contribution in [0.3, 0.4) is 0 Å². The molecule has 0 unspecified atom stereocenters. The van der Waals surface area contributed by atoms with Crippen molar-refractivity contribution in [1.29, 1.82) is 10.8 Å². The summed E-state index contributed by atoms with van der Waals surface area (Å²) in [5.41, 5.74) is 0.0306. The molecular weight excluding hydrogens is 158 g/mol. The molecular formula is C7H7N3O2. The fraction of sp³-hybridized carbons (Fsp3) is 0. The van der Waals surface area contributed by atoms with Gasteiger partial charge in [-0.2, -0.15) is 0 Å². The zero-order chi connectivity index (χ0) is 9.14. The summed E-state index contributed by atoms with van der Waals surface area (Å²) in [7, 11) is 0. The topological polar surface area (TPSA) is 89.9 Å². The Hall–Kier alpha value is -1.91. The lowest BCUT2D eigenvalue weighted by molar-refractivity contribution is 0.0696. The summed E-state index contributed by atoms with van der Waals surface area (Å²) in [5, 5.41) is 22.6. The minimum atomic E-state index is -1.07. The summed E-state index contributed by atoms with van der Waals surface area (Å²) in [4.78, 5) is 10.4. The molecule has 0 saturated heterocycles. The molecule has 0 radical (unpaired) electrons. The Balaban J connectivity index is 3.28. The second-order valence-electron chi connectivity index (χ2n) is 2.14. The Bertz CT molecular complexity index is 380. The van der Waals surface area contributed by atoms with Gasteiger partial charge in [-0.15, -0.1) is 0 Å². The van der Waals surface area contributed by atoms with E-state index in [1.807, 2.05) is 0 Å². The highest BCUT2D eigenvalue weighted by Crippen LogP contribution is 1.92. The average Bonchev–Trinajstić information content (AvgIpc) is 2.04. The zero-order valence-electron chi connectivity index (χ0n) is 6.11. The molecule has 0 saturated carbocycles. The Morgan fingerprint density at radius 1 is 1.67 bits per heavy atom. The molecule has 1 rings (SSSR count). The van der Waals surface area contributed by atoms with Crippen molar-refractivity contribution in [2.75, 3.05) is 0 Å². The normalized spacial score (nSPS) is 9.33. The second-order valence-corrected chi connectivity index (χ2v) is 2.14. The van der Waals surface area contributed by atoms with Crippen LogP contribution in [0.1, 0.15) is 10.4 Å². The van der Waals surface area contributed by atoms with E-state index >= 15 is 0 Å². The fourth-order valence-corrected chi connectivity index (χ4v) is 0.756. The minimum Gasteiger partial charge on any atom is -0.478 e. The van der Waals surface area contributed by atoms with Crippen LogP contribution in [0.5, 0.6) is 0 Å². The third-order valence-corrected chi connectivity index (χ3v) is 1.37. The molecule has 0 fully saturated rings. The summed E-state index contributed by atoms with van der Waals surface area (Å²) < 4.78 is 1.20. The molecule has 3 N–H and O–H groups in total. The number of aromatic carboxylic acids is 1. The van der Waals surface area contributed by atoms with Gasteiger partial charge in [-0.1, -0.05) is 0 Å². The third-order valence-electron chi connectivity index (χ3n) is 1.37. The molecule has 0 aromatic carbocycles. The van der Waals surface area contributed by atoms with Crippen molar-refractivity contribution >= 4 is 12.3 Å². The molecule has 5 nitrogen and oxygen atoms in total. The molecule has 1 heterocycles. The number of pyridine rings is 1. The quantitative estimate of drug-likeness (QED) is 0.429. The molecule has 5 heteroatoms. The molecule has 12 heavy (non-hydrogen) atoms. The van der Waals surface area contributed by atoms with Crippen LogP contribution >= 0.6 is 0 Å². The standard InChI is InChI=1S/C7H7N3O2/c8-4-10-2-1-5(7(11)12)3-6(10)9/h1-4,8-9H,(H,11,12). The number of hydrogen-bond acceptors (Lipinski definition) is 3. The first kappa shape index (κ1) is 8.19. The summed E-state index contributed by atoms with van der Waals surface area (Å²) in [6, 6.07) is 2.53. The van der Waals surface area contributed by atoms with Gasteiger partial charge in [-0.3, -0.25) is 15.4 Å². The average molecular weight is 165 g/mol. The first-order chi connectivity index (χ1) is 5.65. The van der Waals surface area contributed by atoms with Crippen LogP contribution in [-0.2, 0) is 0 Å². The highest BCUT2D eigenvalue weighted by molar-refractivity contribution is 5.87. The Morgan fingerprint density at radius 3 is 2.75 bits per heavy atom. The van der Waals surface area contributed by atoms with Gasteiger partial charge in [0.25, 0.3) is 0 Å². The number of rotatable bonds is 2. The monoisotopic (exact) mass is 165 g/mol. The lowest BCUT2D eigenvalue weighted by Gasteiger charge is -1.98. The van der Waals surface area contributed by atoms with Gasteiger partial charge < -0.3 is 5.11 Å². The Kier molecular flexibility index (Phi) is 2.05. The highest BCUT2D eigenvalue weighted by Gasteiger charge is 2.01. The number of nitrogens with one attached hydrogen (secondary N) is 2. The van der Waals surface area contributed by atoms with E-state index in [-0.39, 0.29) is 11.1 Å². The van der Waals surface area contributed by atoms with Crippen molar-refractivity contribution < 1.29 is 9.90 Å². The number of carboxylic acids is 1. The van der Waals surface area contributed by atoms with Gasteiger partial charge in [0.1, 0.15) is 5.49 Å². The maximum Gasteiger partial charge on any atom is 0.335 e. The van der Waals surface area contributed by atoms with Crippen molar-refractivity contribution in [1.82, 2.24) is 4.57 Å². The lowest BCUT2D eigenvalue weighted by atomic mass is 10.3. The van der Waals surface area contributed by atoms with Crippen molar-refractivity contribution in [3.8, 4) is 0 Å². The van der Waals surface area contributed by atoms with Gasteiger partial charge in [0.2, 0.25) is 0 Å². The van der Waals surface area contributed by atoms with Crippen LogP contribution in [0.2, 0.25) is 0 Å². The van der Waals surface area contributed by atoms with Crippen molar-refractivity contribution in [2.45, 2.75) is 0 Å². The predicted molar refractivity (Wildman–Crippen MR) is 41.4 cm³/mol. The maximum absolute atomic E-state index is 10.4. The van der Waals surface area contributed by atoms with E-state index in [0.29, 0.717) is 0 Å². The first-order valence-electron chi connectivity index (χ1n) is 3.16. The van der Waals surface area contributed by atoms with E-state index in [0.717, 1.165) is 6.34 Å². The number of nitrogens with zero attached hydrogens (tertiary/aromatic N) is 1. The van der Waals surface area contributed by atoms with Gasteiger partial charge in [0, 0.05) is 6.20 Å². The van der Waals surface area contributed by atoms with Crippen molar-refractivity contribution in [3.63, 3.8) is 0 Å². The summed E-state index contributed by atoms with van der Waals surface area (Å²) >= 11 is 0. The first-order valence-corrected chi connectivity index (χ1v) is 3.16. The minimum absolute atomic E-state index is 0.0232. The van der Waals surface area contributed by atoms with E-state index in [2.05, 4.69) is 0 Å². The number of hydrogen-bond donors (Lipinski definition) is 3. The van der Waals surface area contributed by atoms with Crippen LogP contribution in [0.15, 0.2) is 18.3 Å². The number of aromatic nitrogens is 1. The third kappa shape index (κ3) is 1.39. The molecule has 0 bridgehead atoms. The van der Waals surface area contributed by atoms with Gasteiger partial charge in [0.15, 0.2) is 0 Å². The van der Waals surface area contributed by atoms with Gasteiger partial charge in [-0.25, -0.2) is 4.79 Å². The second kappa shape index (κ2) is 3.00. The Morgan fingerprint density at radius 2 is 2.33 bits per heavy atom. The van der Waals surface area contributed by atoms with E-state index < -0.39 is 5.97 Å². The number of carbonyl (C=O) groups is 1. The van der Waals surface area contributed by atoms with Gasteiger partial charge >= 0.3 is 5.97 Å². The van der Waals surface area contributed by atoms with E-state index in [1.54, 1.807) is 0 Å². The van der Waals surface area contributed by atoms with E-state index in [9.17, 15) is 4.79 Å². The molecule has 0 spiro atoms. The van der Waals surface area contributed by atoms with E-state index in [1.165, 1.54) is 22.9 Å². The van der Waals surface area contributed by atoms with Crippen LogP contribution < -0.4 is 5.49 Å². The van der Waals surface area contributed by atoms with Crippen LogP contribution in [-0.4, -0.2) is 22.0 Å². The number of carboxylic acid groups (broad SMARTS) is 1. The largest absolute Gasteiger partial charge is 0.478 e. The predicted octanol–water partition coefficient (Wildman–Crippen LogP) is 0.121. The molecule has 0 aliphatic rings. The lowest BCUT2D eigenvalue weighted by Crippen LogP contribution is -2.19. The van der Waals surface area contributed by atoms with Gasteiger partial charge in [0.05, 0.1) is 11.9 Å². The van der Waals surface area contributed by atoms with Crippen LogP contribution in [0.25, 0.3) is 0 Å². The molecule has 0 aliphatic heterocycles. The van der Waals surface area contributed by atoms with Crippen molar-refractivity contribution in [3.05, 3.63) is 29.4 Å². The molecule has 0 aliphatic carbocycles. The SMILES string of the molecule is N=Cn1ccc(C(=O)O)cc1=N. The van der Waals surface area contributed by atoms with Crippen LogP contribution in [0.4, 0.5) is 0 Å². The highest BCUT2D eigenvalue weighted by atomic mass is 16.4. The smallest absolute Gasteiger partial charge is 0.335 e. The van der Waals surface area contributed by atoms with Gasteiger partial charge in [-0.05, 0) is 12.1 Å². The molecule has 0 amide bonds. The fourth-order valence-electron chi connectivity index (χ4n) is 0.756. The molecule has 1 aromatic heterocycles. The summed E-state index contributed by atoms with van der Waals surface area (Å²) in [5.74, 6) is -1.07. The molecule has 0 atom stereocenters. The Labute approximate surface area is 67.9 Å². The molecule has 62 valence electrons. The summed E-state index contributed by atoms with van der Waals surface area (Å²) in [6.07, 6.45) is 2.30. The molecule has 1 aromatic rings. The van der Waals surface area contributed by atoms with E-state index in [4.69, 9.17) is 15.9 Å².